The van der Waals surface area contributed by atoms with Crippen LogP contribution in [0.5, 0.6) is 0 Å². The van der Waals surface area contributed by atoms with E-state index in [1.54, 1.807) is 6.08 Å². The van der Waals surface area contributed by atoms with Crippen molar-refractivity contribution in [2.45, 2.75) is 38.6 Å². The van der Waals surface area contributed by atoms with Gasteiger partial charge in [0, 0.05) is 24.8 Å². The fourth-order valence-electron chi connectivity index (χ4n) is 4.26. The minimum Gasteiger partial charge on any atom is -0.378 e. The second-order valence-electron chi connectivity index (χ2n) is 7.58. The molecule has 0 atom stereocenters. The number of carbonyl (C=O) groups excluding carboxylic acids is 3. The third kappa shape index (κ3) is 3.54. The average molecular weight is 383 g/mol. The average Bonchev–Trinajstić information content (AvgIpc) is 3.20. The molecule has 4 amide bonds. The number of rotatable bonds is 3. The van der Waals surface area contributed by atoms with E-state index < -0.39 is 17.8 Å². The summed E-state index contributed by atoms with van der Waals surface area (Å²) in [6.07, 6.45) is 5.18. The van der Waals surface area contributed by atoms with E-state index in [0.29, 0.717) is 13.2 Å². The van der Waals surface area contributed by atoms with E-state index in [-0.39, 0.29) is 11.6 Å². The van der Waals surface area contributed by atoms with Gasteiger partial charge >= 0.3 is 6.03 Å². The minimum atomic E-state index is -0.626. The second kappa shape index (κ2) is 7.75. The zero-order chi connectivity index (χ0) is 19.7. The monoisotopic (exact) mass is 383 g/mol. The van der Waals surface area contributed by atoms with Crippen molar-refractivity contribution in [3.8, 4) is 0 Å². The maximum Gasteiger partial charge on any atom is 0.331 e. The van der Waals surface area contributed by atoms with Gasteiger partial charge in [0.05, 0.1) is 13.2 Å². The number of benzene rings is 1. The van der Waals surface area contributed by atoms with Crippen molar-refractivity contribution < 1.29 is 19.1 Å². The van der Waals surface area contributed by atoms with Gasteiger partial charge in [0.2, 0.25) is 0 Å². The van der Waals surface area contributed by atoms with Crippen LogP contribution in [0, 0.1) is 6.92 Å². The molecule has 0 bridgehead atoms. The summed E-state index contributed by atoms with van der Waals surface area (Å²) in [7, 11) is 0. The number of barbiturate groups is 1. The Morgan fingerprint density at radius 3 is 2.50 bits per heavy atom. The predicted molar refractivity (Wildman–Crippen MR) is 105 cm³/mol. The molecule has 2 saturated heterocycles. The maximum absolute atomic E-state index is 12.9. The number of hydrogen-bond donors (Lipinski definition) is 1. The van der Waals surface area contributed by atoms with Crippen molar-refractivity contribution in [3.63, 3.8) is 0 Å². The number of nitrogens with zero attached hydrogens (tertiary/aromatic N) is 2. The summed E-state index contributed by atoms with van der Waals surface area (Å²) < 4.78 is 5.40. The Kier molecular flexibility index (Phi) is 5.17. The van der Waals surface area contributed by atoms with Crippen molar-refractivity contribution >= 4 is 29.6 Å². The van der Waals surface area contributed by atoms with Gasteiger partial charge in [-0.1, -0.05) is 18.9 Å². The summed E-state index contributed by atoms with van der Waals surface area (Å²) in [5.41, 5.74) is 3.00. The molecule has 3 fully saturated rings. The smallest absolute Gasteiger partial charge is 0.331 e. The number of morpholine rings is 1. The van der Waals surface area contributed by atoms with E-state index in [1.165, 1.54) is 4.90 Å². The standard InChI is InChI=1S/C21H25N3O4/c1-14-12-15(6-7-18(14)23-8-10-28-11-9-23)13-17-19(25)22-21(27)24(20(17)26)16-4-2-3-5-16/h6-7,12-13,16H,2-5,8-11H2,1H3,(H,22,25,27). The molecule has 0 aromatic heterocycles. The molecule has 28 heavy (non-hydrogen) atoms. The van der Waals surface area contributed by atoms with Crippen molar-refractivity contribution in [2.24, 2.45) is 0 Å². The van der Waals surface area contributed by atoms with E-state index in [0.717, 1.165) is 55.6 Å². The van der Waals surface area contributed by atoms with Crippen LogP contribution in [-0.4, -0.2) is 55.1 Å². The van der Waals surface area contributed by atoms with Crippen LogP contribution in [0.2, 0.25) is 0 Å². The van der Waals surface area contributed by atoms with E-state index in [4.69, 9.17) is 4.74 Å². The van der Waals surface area contributed by atoms with Gasteiger partial charge in [-0.25, -0.2) is 4.79 Å². The highest BCUT2D eigenvalue weighted by molar-refractivity contribution is 6.31. The normalized spacial score (nSPS) is 22.9. The quantitative estimate of drug-likeness (QED) is 0.640. The Hall–Kier alpha value is -2.67. The number of anilines is 1. The van der Waals surface area contributed by atoms with Crippen molar-refractivity contribution in [2.75, 3.05) is 31.2 Å². The Morgan fingerprint density at radius 2 is 1.82 bits per heavy atom. The molecule has 3 aliphatic rings. The first-order valence-corrected chi connectivity index (χ1v) is 9.88. The number of hydrogen-bond acceptors (Lipinski definition) is 5. The van der Waals surface area contributed by atoms with E-state index in [2.05, 4.69) is 10.2 Å². The first-order chi connectivity index (χ1) is 13.5. The van der Waals surface area contributed by atoms with Crippen LogP contribution in [0.3, 0.4) is 0 Å². The molecule has 7 nitrogen and oxygen atoms in total. The third-order valence-corrected chi connectivity index (χ3v) is 5.71. The molecule has 0 spiro atoms. The second-order valence-corrected chi connectivity index (χ2v) is 7.58. The third-order valence-electron chi connectivity index (χ3n) is 5.71. The predicted octanol–water partition coefficient (Wildman–Crippen LogP) is 2.24. The highest BCUT2D eigenvalue weighted by Crippen LogP contribution is 2.28. The molecule has 1 aliphatic carbocycles. The number of carbonyl (C=O) groups is 3. The van der Waals surface area contributed by atoms with Gasteiger partial charge < -0.3 is 9.64 Å². The van der Waals surface area contributed by atoms with Crippen molar-refractivity contribution in [3.05, 3.63) is 34.9 Å². The van der Waals surface area contributed by atoms with Gasteiger partial charge in [-0.15, -0.1) is 0 Å². The maximum atomic E-state index is 12.9. The molecular weight excluding hydrogens is 358 g/mol. The summed E-state index contributed by atoms with van der Waals surface area (Å²) in [6, 6.07) is 5.17. The van der Waals surface area contributed by atoms with Crippen LogP contribution in [-0.2, 0) is 14.3 Å². The number of ether oxygens (including phenoxy) is 1. The largest absolute Gasteiger partial charge is 0.378 e. The number of urea groups is 1. The molecule has 1 aromatic rings. The van der Waals surface area contributed by atoms with Crippen LogP contribution in [0.25, 0.3) is 6.08 Å². The van der Waals surface area contributed by atoms with Crippen LogP contribution >= 0.6 is 0 Å². The van der Waals surface area contributed by atoms with Crippen molar-refractivity contribution in [1.82, 2.24) is 10.2 Å². The fraction of sp³-hybridized carbons (Fsp3) is 0.476. The number of amides is 4. The Bertz CT molecular complexity index is 836. The van der Waals surface area contributed by atoms with Crippen molar-refractivity contribution in [1.29, 1.82) is 0 Å². The summed E-state index contributed by atoms with van der Waals surface area (Å²) in [5.74, 6) is -1.12. The molecule has 0 unspecified atom stereocenters. The summed E-state index contributed by atoms with van der Waals surface area (Å²) >= 11 is 0. The van der Waals surface area contributed by atoms with Gasteiger partial charge in [-0.05, 0) is 49.1 Å². The molecule has 2 heterocycles. The SMILES string of the molecule is Cc1cc(C=C2C(=O)NC(=O)N(C3CCCC3)C2=O)ccc1N1CCOCC1. The van der Waals surface area contributed by atoms with Crippen LogP contribution < -0.4 is 10.2 Å². The summed E-state index contributed by atoms with van der Waals surface area (Å²) in [4.78, 5) is 40.9. The lowest BCUT2D eigenvalue weighted by Gasteiger charge is -2.31. The van der Waals surface area contributed by atoms with Crippen LogP contribution in [0.4, 0.5) is 10.5 Å². The van der Waals surface area contributed by atoms with Gasteiger partial charge in [-0.3, -0.25) is 19.8 Å². The molecule has 1 saturated carbocycles. The zero-order valence-corrected chi connectivity index (χ0v) is 16.1. The van der Waals surface area contributed by atoms with Gasteiger partial charge in [0.1, 0.15) is 5.57 Å². The molecule has 148 valence electrons. The first kappa shape index (κ1) is 18.7. The Morgan fingerprint density at radius 1 is 1.11 bits per heavy atom. The topological polar surface area (TPSA) is 79.0 Å². The number of imide groups is 2. The summed E-state index contributed by atoms with van der Waals surface area (Å²) in [5, 5.41) is 2.32. The molecule has 1 N–H and O–H groups in total. The lowest BCUT2D eigenvalue weighted by Crippen LogP contribution is -2.57. The molecule has 0 radical (unpaired) electrons. The minimum absolute atomic E-state index is 0.0185. The summed E-state index contributed by atoms with van der Waals surface area (Å²) in [6.45, 7) is 5.14. The highest BCUT2D eigenvalue weighted by Gasteiger charge is 2.40. The molecule has 2 aliphatic heterocycles. The van der Waals surface area contributed by atoms with Gasteiger partial charge in [-0.2, -0.15) is 0 Å². The number of nitrogens with one attached hydrogen (secondary N) is 1. The fourth-order valence-corrected chi connectivity index (χ4v) is 4.26. The highest BCUT2D eigenvalue weighted by atomic mass is 16.5. The Labute approximate surface area is 164 Å². The number of aryl methyl sites for hydroxylation is 1. The molecule has 7 heteroatoms. The van der Waals surface area contributed by atoms with Crippen LogP contribution in [0.15, 0.2) is 23.8 Å². The van der Waals surface area contributed by atoms with E-state index >= 15 is 0 Å². The lowest BCUT2D eigenvalue weighted by molar-refractivity contribution is -0.131. The molecular formula is C21H25N3O4. The first-order valence-electron chi connectivity index (χ1n) is 9.88. The molecule has 4 rings (SSSR count). The zero-order valence-electron chi connectivity index (χ0n) is 16.1. The molecule has 1 aromatic carbocycles. The van der Waals surface area contributed by atoms with Crippen LogP contribution in [0.1, 0.15) is 36.8 Å². The van der Waals surface area contributed by atoms with Gasteiger partial charge in [0.15, 0.2) is 0 Å². The van der Waals surface area contributed by atoms with Gasteiger partial charge in [0.25, 0.3) is 11.8 Å². The Balaban J connectivity index is 1.59. The lowest BCUT2D eigenvalue weighted by atomic mass is 10.0. The van der Waals surface area contributed by atoms with E-state index in [9.17, 15) is 14.4 Å². The van der Waals surface area contributed by atoms with E-state index in [1.807, 2.05) is 25.1 Å².